The highest BCUT2D eigenvalue weighted by Gasteiger charge is 2.49. The van der Waals surface area contributed by atoms with Gasteiger partial charge in [-0.25, -0.2) is 0 Å². The van der Waals surface area contributed by atoms with Crippen molar-refractivity contribution in [2.75, 3.05) is 19.6 Å². The summed E-state index contributed by atoms with van der Waals surface area (Å²) in [4.78, 5) is 2.66. The Morgan fingerprint density at radius 2 is 2.00 bits per heavy atom. The molecule has 2 nitrogen and oxygen atoms in total. The van der Waals surface area contributed by atoms with Crippen molar-refractivity contribution in [1.82, 2.24) is 10.2 Å². The molecule has 3 rings (SSSR count). The van der Waals surface area contributed by atoms with Gasteiger partial charge in [-0.15, -0.1) is 0 Å². The third-order valence-electron chi connectivity index (χ3n) is 4.80. The van der Waals surface area contributed by atoms with Gasteiger partial charge in [-0.1, -0.05) is 28.1 Å². The highest BCUT2D eigenvalue weighted by molar-refractivity contribution is 9.10. The zero-order valence-corrected chi connectivity index (χ0v) is 12.7. The van der Waals surface area contributed by atoms with E-state index in [-0.39, 0.29) is 0 Å². The Morgan fingerprint density at radius 3 is 2.67 bits per heavy atom. The van der Waals surface area contributed by atoms with Crippen molar-refractivity contribution in [2.24, 2.45) is 11.8 Å². The topological polar surface area (TPSA) is 15.3 Å². The summed E-state index contributed by atoms with van der Waals surface area (Å²) in [6.45, 7) is 9.51. The number of halogens is 1. The second-order valence-electron chi connectivity index (χ2n) is 6.19. The Bertz CT molecular complexity index is 427. The standard InChI is InChI=1S/C15H21BrN2/c1-15(2)14-8-17-7-12(14)10-18(15)9-11-3-5-13(16)6-4-11/h3-6,12,14,17H,7-10H2,1-2H3. The first-order valence-corrected chi connectivity index (χ1v) is 7.57. The second-order valence-corrected chi connectivity index (χ2v) is 7.10. The van der Waals surface area contributed by atoms with E-state index in [0.29, 0.717) is 5.54 Å². The van der Waals surface area contributed by atoms with Crippen LogP contribution in [0.1, 0.15) is 19.4 Å². The van der Waals surface area contributed by atoms with Gasteiger partial charge in [-0.05, 0) is 49.9 Å². The van der Waals surface area contributed by atoms with Gasteiger partial charge < -0.3 is 5.32 Å². The lowest BCUT2D eigenvalue weighted by Gasteiger charge is -2.35. The lowest BCUT2D eigenvalue weighted by atomic mass is 9.85. The summed E-state index contributed by atoms with van der Waals surface area (Å²) in [5, 5.41) is 3.54. The number of hydrogen-bond acceptors (Lipinski definition) is 2. The van der Waals surface area contributed by atoms with E-state index in [9.17, 15) is 0 Å². The zero-order valence-electron chi connectivity index (χ0n) is 11.1. The fourth-order valence-corrected chi connectivity index (χ4v) is 3.85. The molecule has 2 heterocycles. The van der Waals surface area contributed by atoms with Gasteiger partial charge in [0, 0.05) is 29.6 Å². The molecule has 0 amide bonds. The normalized spacial score (nSPS) is 30.6. The van der Waals surface area contributed by atoms with E-state index in [2.05, 4.69) is 64.3 Å². The highest BCUT2D eigenvalue weighted by atomic mass is 79.9. The molecule has 3 heteroatoms. The number of fused-ring (bicyclic) bond motifs is 1. The molecule has 0 aliphatic carbocycles. The molecule has 18 heavy (non-hydrogen) atoms. The summed E-state index contributed by atoms with van der Waals surface area (Å²) in [5.41, 5.74) is 1.74. The average molecular weight is 309 g/mol. The van der Waals surface area contributed by atoms with Crippen LogP contribution in [0.2, 0.25) is 0 Å². The lowest BCUT2D eigenvalue weighted by molar-refractivity contribution is 0.132. The van der Waals surface area contributed by atoms with Crippen LogP contribution >= 0.6 is 15.9 Å². The average Bonchev–Trinajstić information content (AvgIpc) is 2.87. The first-order valence-electron chi connectivity index (χ1n) is 6.77. The van der Waals surface area contributed by atoms with Crippen LogP contribution in [0.3, 0.4) is 0 Å². The fourth-order valence-electron chi connectivity index (χ4n) is 3.58. The molecular weight excluding hydrogens is 288 g/mol. The third kappa shape index (κ3) is 2.13. The van der Waals surface area contributed by atoms with Crippen LogP contribution in [0, 0.1) is 11.8 Å². The number of nitrogens with one attached hydrogen (secondary N) is 1. The molecule has 1 aromatic rings. The summed E-state index contributed by atoms with van der Waals surface area (Å²) in [7, 11) is 0. The Hall–Kier alpha value is -0.380. The minimum absolute atomic E-state index is 0.321. The van der Waals surface area contributed by atoms with Crippen molar-refractivity contribution >= 4 is 15.9 Å². The number of nitrogens with zero attached hydrogens (tertiary/aromatic N) is 1. The molecule has 1 N–H and O–H groups in total. The van der Waals surface area contributed by atoms with Gasteiger partial charge in [0.15, 0.2) is 0 Å². The largest absolute Gasteiger partial charge is 0.316 e. The van der Waals surface area contributed by atoms with Gasteiger partial charge in [0.1, 0.15) is 0 Å². The smallest absolute Gasteiger partial charge is 0.0239 e. The summed E-state index contributed by atoms with van der Waals surface area (Å²) in [6, 6.07) is 8.74. The molecule has 2 aliphatic rings. The molecule has 0 saturated carbocycles. The van der Waals surface area contributed by atoms with Gasteiger partial charge in [-0.3, -0.25) is 4.90 Å². The van der Waals surface area contributed by atoms with Crippen molar-refractivity contribution in [3.63, 3.8) is 0 Å². The number of likely N-dealkylation sites (tertiary alicyclic amines) is 1. The van der Waals surface area contributed by atoms with Crippen LogP contribution in [-0.2, 0) is 6.54 Å². The quantitative estimate of drug-likeness (QED) is 0.904. The summed E-state index contributed by atoms with van der Waals surface area (Å²) in [5.74, 6) is 1.66. The molecule has 2 unspecified atom stereocenters. The second kappa shape index (κ2) is 4.62. The predicted molar refractivity (Wildman–Crippen MR) is 78.5 cm³/mol. The number of hydrogen-bond donors (Lipinski definition) is 1. The number of rotatable bonds is 2. The third-order valence-corrected chi connectivity index (χ3v) is 5.33. The van der Waals surface area contributed by atoms with E-state index in [1.54, 1.807) is 0 Å². The first-order chi connectivity index (χ1) is 8.57. The molecule has 2 fully saturated rings. The lowest BCUT2D eigenvalue weighted by Crippen LogP contribution is -2.43. The van der Waals surface area contributed by atoms with Crippen LogP contribution in [0.5, 0.6) is 0 Å². The minimum Gasteiger partial charge on any atom is -0.316 e. The van der Waals surface area contributed by atoms with Gasteiger partial charge in [0.2, 0.25) is 0 Å². The first kappa shape index (κ1) is 12.6. The molecular formula is C15H21BrN2. The van der Waals surface area contributed by atoms with Gasteiger partial charge >= 0.3 is 0 Å². The van der Waals surface area contributed by atoms with Crippen molar-refractivity contribution in [2.45, 2.75) is 25.9 Å². The maximum absolute atomic E-state index is 3.54. The highest BCUT2D eigenvalue weighted by Crippen LogP contribution is 2.41. The molecule has 2 saturated heterocycles. The van der Waals surface area contributed by atoms with Crippen molar-refractivity contribution in [3.05, 3.63) is 34.3 Å². The van der Waals surface area contributed by atoms with E-state index in [4.69, 9.17) is 0 Å². The summed E-state index contributed by atoms with van der Waals surface area (Å²) in [6.07, 6.45) is 0. The number of benzene rings is 1. The molecule has 98 valence electrons. The molecule has 0 bridgehead atoms. The van der Waals surface area contributed by atoms with Gasteiger partial charge in [0.05, 0.1) is 0 Å². The van der Waals surface area contributed by atoms with Crippen LogP contribution < -0.4 is 5.32 Å². The van der Waals surface area contributed by atoms with Crippen LogP contribution in [0.15, 0.2) is 28.7 Å². The Morgan fingerprint density at radius 1 is 1.28 bits per heavy atom. The van der Waals surface area contributed by atoms with Crippen molar-refractivity contribution < 1.29 is 0 Å². The molecule has 0 spiro atoms. The monoisotopic (exact) mass is 308 g/mol. The minimum atomic E-state index is 0.321. The maximum atomic E-state index is 3.54. The van der Waals surface area contributed by atoms with E-state index >= 15 is 0 Å². The van der Waals surface area contributed by atoms with E-state index in [1.165, 1.54) is 25.2 Å². The Labute approximate surface area is 118 Å². The SMILES string of the molecule is CC1(C)C2CNCC2CN1Cc1ccc(Br)cc1. The maximum Gasteiger partial charge on any atom is 0.0239 e. The van der Waals surface area contributed by atoms with Crippen molar-refractivity contribution in [1.29, 1.82) is 0 Å². The molecule has 2 aliphatic heterocycles. The summed E-state index contributed by atoms with van der Waals surface area (Å²) >= 11 is 3.50. The van der Waals surface area contributed by atoms with E-state index in [1.807, 2.05) is 0 Å². The zero-order chi connectivity index (χ0) is 12.8. The molecule has 0 radical (unpaired) electrons. The van der Waals surface area contributed by atoms with Gasteiger partial charge in [0.25, 0.3) is 0 Å². The summed E-state index contributed by atoms with van der Waals surface area (Å²) < 4.78 is 1.16. The Balaban J connectivity index is 1.75. The van der Waals surface area contributed by atoms with Crippen LogP contribution in [0.4, 0.5) is 0 Å². The van der Waals surface area contributed by atoms with E-state index in [0.717, 1.165) is 22.9 Å². The van der Waals surface area contributed by atoms with Crippen LogP contribution in [0.25, 0.3) is 0 Å². The predicted octanol–water partition coefficient (Wildman–Crippen LogP) is 2.88. The fraction of sp³-hybridized carbons (Fsp3) is 0.600. The van der Waals surface area contributed by atoms with Gasteiger partial charge in [-0.2, -0.15) is 0 Å². The molecule has 0 aromatic heterocycles. The molecule has 1 aromatic carbocycles. The molecule has 2 atom stereocenters. The van der Waals surface area contributed by atoms with Crippen molar-refractivity contribution in [3.8, 4) is 0 Å². The van der Waals surface area contributed by atoms with Crippen LogP contribution in [-0.4, -0.2) is 30.1 Å². The Kier molecular flexibility index (Phi) is 3.25. The van der Waals surface area contributed by atoms with E-state index < -0.39 is 0 Å².